The van der Waals surface area contributed by atoms with Crippen molar-refractivity contribution < 1.29 is 14.4 Å². The Bertz CT molecular complexity index is 1090. The van der Waals surface area contributed by atoms with Gasteiger partial charge in [0, 0.05) is 30.5 Å². The van der Waals surface area contributed by atoms with Crippen LogP contribution >= 0.6 is 11.3 Å². The van der Waals surface area contributed by atoms with Crippen LogP contribution in [-0.2, 0) is 11.2 Å². The summed E-state index contributed by atoms with van der Waals surface area (Å²) in [6, 6.07) is 15.0. The second-order valence-corrected chi connectivity index (χ2v) is 8.52. The summed E-state index contributed by atoms with van der Waals surface area (Å²) in [5.74, 6) is -0.638. The van der Waals surface area contributed by atoms with Crippen LogP contribution < -0.4 is 5.32 Å². The average Bonchev–Trinajstić information content (AvgIpc) is 3.31. The second kappa shape index (κ2) is 9.22. The van der Waals surface area contributed by atoms with Crippen LogP contribution in [0.1, 0.15) is 44.1 Å². The summed E-state index contributed by atoms with van der Waals surface area (Å²) in [5, 5.41) is 6.00. The monoisotopic (exact) mass is 433 g/mol. The van der Waals surface area contributed by atoms with Crippen molar-refractivity contribution in [2.45, 2.75) is 26.2 Å². The van der Waals surface area contributed by atoms with Crippen LogP contribution in [0.15, 0.2) is 53.9 Å². The summed E-state index contributed by atoms with van der Waals surface area (Å²) in [6.45, 7) is 2.78. The van der Waals surface area contributed by atoms with Gasteiger partial charge in [0.2, 0.25) is 5.91 Å². The van der Waals surface area contributed by atoms with Crippen molar-refractivity contribution in [2.75, 3.05) is 13.1 Å². The standard InChI is InChI=1S/C24H23N3O3S/c1-16-26-21(15-31-16)18-10-8-17(9-11-18)12-13-25-22(28)7-4-14-27-23(29)19-5-2-3-6-20(19)24(27)30/h2-3,5-6,8-11,15H,4,7,12-14H2,1H3,(H,25,28). The van der Waals surface area contributed by atoms with Crippen molar-refractivity contribution in [3.8, 4) is 11.3 Å². The first kappa shape index (κ1) is 20.9. The van der Waals surface area contributed by atoms with Gasteiger partial charge in [0.1, 0.15) is 0 Å². The summed E-state index contributed by atoms with van der Waals surface area (Å²) in [4.78, 5) is 42.5. The Kier molecular flexibility index (Phi) is 6.23. The Morgan fingerprint density at radius 2 is 1.71 bits per heavy atom. The van der Waals surface area contributed by atoms with E-state index in [2.05, 4.69) is 22.4 Å². The summed E-state index contributed by atoms with van der Waals surface area (Å²) in [5.41, 5.74) is 4.09. The number of carbonyl (C=O) groups is 3. The van der Waals surface area contributed by atoms with Crippen molar-refractivity contribution in [3.63, 3.8) is 0 Å². The number of aromatic nitrogens is 1. The van der Waals surface area contributed by atoms with E-state index in [0.717, 1.165) is 28.2 Å². The Morgan fingerprint density at radius 3 is 2.32 bits per heavy atom. The molecule has 1 aliphatic rings. The number of amides is 3. The fourth-order valence-electron chi connectivity index (χ4n) is 3.61. The molecule has 4 rings (SSSR count). The molecule has 0 bridgehead atoms. The van der Waals surface area contributed by atoms with Gasteiger partial charge in [-0.05, 0) is 37.5 Å². The number of thiazole rings is 1. The summed E-state index contributed by atoms with van der Waals surface area (Å²) in [6.07, 6.45) is 1.45. The first-order chi connectivity index (χ1) is 15.0. The van der Waals surface area contributed by atoms with E-state index < -0.39 is 0 Å². The smallest absolute Gasteiger partial charge is 0.261 e. The minimum Gasteiger partial charge on any atom is -0.356 e. The molecule has 2 aromatic carbocycles. The normalized spacial score (nSPS) is 12.9. The van der Waals surface area contributed by atoms with E-state index in [4.69, 9.17) is 0 Å². The molecule has 3 amide bonds. The zero-order valence-corrected chi connectivity index (χ0v) is 18.1. The second-order valence-electron chi connectivity index (χ2n) is 7.46. The predicted octanol–water partition coefficient (Wildman–Crippen LogP) is 3.85. The van der Waals surface area contributed by atoms with Crippen LogP contribution in [-0.4, -0.2) is 40.7 Å². The molecule has 0 fully saturated rings. The maximum absolute atomic E-state index is 12.3. The van der Waals surface area contributed by atoms with Crippen LogP contribution in [0.5, 0.6) is 0 Å². The van der Waals surface area contributed by atoms with Gasteiger partial charge in [0.15, 0.2) is 0 Å². The van der Waals surface area contributed by atoms with Gasteiger partial charge in [-0.15, -0.1) is 11.3 Å². The highest BCUT2D eigenvalue weighted by Crippen LogP contribution is 2.23. The van der Waals surface area contributed by atoms with Crippen LogP contribution in [0.3, 0.4) is 0 Å². The Labute approximate surface area is 184 Å². The van der Waals surface area contributed by atoms with E-state index in [9.17, 15) is 14.4 Å². The molecule has 2 heterocycles. The quantitative estimate of drug-likeness (QED) is 0.547. The minimum atomic E-state index is -0.280. The third-order valence-corrected chi connectivity index (χ3v) is 6.04. The predicted molar refractivity (Wildman–Crippen MR) is 120 cm³/mol. The van der Waals surface area contributed by atoms with E-state index in [1.54, 1.807) is 35.6 Å². The van der Waals surface area contributed by atoms with Gasteiger partial charge >= 0.3 is 0 Å². The van der Waals surface area contributed by atoms with E-state index in [0.29, 0.717) is 24.1 Å². The third kappa shape index (κ3) is 4.72. The van der Waals surface area contributed by atoms with Gasteiger partial charge in [0.05, 0.1) is 21.8 Å². The zero-order chi connectivity index (χ0) is 21.8. The Balaban J connectivity index is 1.18. The molecule has 1 aromatic heterocycles. The fraction of sp³-hybridized carbons (Fsp3) is 0.250. The molecular weight excluding hydrogens is 410 g/mol. The van der Waals surface area contributed by atoms with Crippen LogP contribution in [0.2, 0.25) is 0 Å². The molecule has 0 unspecified atom stereocenters. The first-order valence-electron chi connectivity index (χ1n) is 10.3. The third-order valence-electron chi connectivity index (χ3n) is 5.27. The van der Waals surface area contributed by atoms with Crippen molar-refractivity contribution in [1.29, 1.82) is 0 Å². The highest BCUT2D eigenvalue weighted by atomic mass is 32.1. The largest absolute Gasteiger partial charge is 0.356 e. The first-order valence-corrected chi connectivity index (χ1v) is 11.1. The molecular formula is C24H23N3O3S. The Morgan fingerprint density at radius 1 is 1.03 bits per heavy atom. The summed E-state index contributed by atoms with van der Waals surface area (Å²) >= 11 is 1.63. The van der Waals surface area contributed by atoms with Crippen LogP contribution in [0.4, 0.5) is 0 Å². The molecule has 1 N–H and O–H groups in total. The Hall–Kier alpha value is -3.32. The number of imide groups is 1. The topological polar surface area (TPSA) is 79.4 Å². The van der Waals surface area contributed by atoms with Gasteiger partial charge in [-0.3, -0.25) is 19.3 Å². The molecule has 7 heteroatoms. The highest BCUT2D eigenvalue weighted by Gasteiger charge is 2.34. The molecule has 0 radical (unpaired) electrons. The molecule has 158 valence electrons. The van der Waals surface area contributed by atoms with Crippen molar-refractivity contribution in [2.24, 2.45) is 0 Å². The number of nitrogens with zero attached hydrogens (tertiary/aromatic N) is 2. The molecule has 0 saturated heterocycles. The zero-order valence-electron chi connectivity index (χ0n) is 17.3. The lowest BCUT2D eigenvalue weighted by Gasteiger charge is -2.13. The van der Waals surface area contributed by atoms with Crippen LogP contribution in [0, 0.1) is 6.92 Å². The number of rotatable bonds is 8. The SMILES string of the molecule is Cc1nc(-c2ccc(CCNC(=O)CCCN3C(=O)c4ccccc4C3=O)cc2)cs1. The average molecular weight is 434 g/mol. The molecule has 3 aromatic rings. The summed E-state index contributed by atoms with van der Waals surface area (Å²) < 4.78 is 0. The van der Waals surface area contributed by atoms with Gasteiger partial charge in [-0.1, -0.05) is 36.4 Å². The van der Waals surface area contributed by atoms with Gasteiger partial charge < -0.3 is 5.32 Å². The molecule has 6 nitrogen and oxygen atoms in total. The number of benzene rings is 2. The van der Waals surface area contributed by atoms with Gasteiger partial charge in [0.25, 0.3) is 11.8 Å². The lowest BCUT2D eigenvalue weighted by Crippen LogP contribution is -2.32. The van der Waals surface area contributed by atoms with Crippen molar-refractivity contribution in [1.82, 2.24) is 15.2 Å². The fourth-order valence-corrected chi connectivity index (χ4v) is 4.23. The maximum atomic E-state index is 12.3. The lowest BCUT2D eigenvalue weighted by atomic mass is 10.1. The maximum Gasteiger partial charge on any atom is 0.261 e. The highest BCUT2D eigenvalue weighted by molar-refractivity contribution is 7.09. The number of fused-ring (bicyclic) bond motifs is 1. The molecule has 0 aliphatic carbocycles. The number of nitrogens with one attached hydrogen (secondary N) is 1. The van der Waals surface area contributed by atoms with Crippen LogP contribution in [0.25, 0.3) is 11.3 Å². The van der Waals surface area contributed by atoms with E-state index >= 15 is 0 Å². The number of aryl methyl sites for hydroxylation is 1. The number of hydrogen-bond donors (Lipinski definition) is 1. The van der Waals surface area contributed by atoms with E-state index in [1.165, 1.54) is 4.90 Å². The summed E-state index contributed by atoms with van der Waals surface area (Å²) in [7, 11) is 0. The van der Waals surface area contributed by atoms with E-state index in [-0.39, 0.29) is 30.7 Å². The molecule has 31 heavy (non-hydrogen) atoms. The lowest BCUT2D eigenvalue weighted by molar-refractivity contribution is -0.121. The van der Waals surface area contributed by atoms with Crippen molar-refractivity contribution in [3.05, 3.63) is 75.6 Å². The van der Waals surface area contributed by atoms with Gasteiger partial charge in [-0.2, -0.15) is 0 Å². The number of carbonyl (C=O) groups excluding carboxylic acids is 3. The van der Waals surface area contributed by atoms with Gasteiger partial charge in [-0.25, -0.2) is 4.98 Å². The van der Waals surface area contributed by atoms with Crippen molar-refractivity contribution >= 4 is 29.1 Å². The molecule has 0 saturated carbocycles. The molecule has 0 atom stereocenters. The minimum absolute atomic E-state index is 0.0776. The van der Waals surface area contributed by atoms with E-state index in [1.807, 2.05) is 24.4 Å². The number of hydrogen-bond acceptors (Lipinski definition) is 5. The molecule has 1 aliphatic heterocycles. The molecule has 0 spiro atoms.